The zero-order valence-electron chi connectivity index (χ0n) is 34.4. The molecule has 0 fully saturated rings. The SMILES string of the molecule is Bc1c(B)c(B)c2c(c1B)c1c(B)c(B)c(B)c(B)c1c1c(B)c(B)c(B)c3c4c(B)c(C)c(B)c(B)c4n(c4c(B)c(B)c(B)c(B)c24)c13. The molecule has 5 aromatic carbocycles. The van der Waals surface area contributed by atoms with E-state index in [1.807, 2.05) is 0 Å². The predicted octanol–water partition coefficient (Wildman–Crippen LogP) is -22.8. The Kier molecular flexibility index (Phi) is 8.18. The number of rotatable bonds is 0. The van der Waals surface area contributed by atoms with E-state index >= 15 is 0 Å². The van der Waals surface area contributed by atoms with Crippen LogP contribution in [0.5, 0.6) is 0 Å². The molecule has 0 amide bonds. The molecular weight excluding hydrogens is 581 g/mol. The van der Waals surface area contributed by atoms with Crippen LogP contribution >= 0.6 is 0 Å². The summed E-state index contributed by atoms with van der Waals surface area (Å²) in [6, 6.07) is 0. The van der Waals surface area contributed by atoms with Gasteiger partial charge < -0.3 is 4.40 Å². The van der Waals surface area contributed by atoms with E-state index in [1.165, 1.54) is 164 Å². The quantitative estimate of drug-likeness (QED) is 0.149. The normalized spacial score (nSPS) is 11.9. The summed E-state index contributed by atoms with van der Waals surface area (Å²) in [4.78, 5) is 0. The number of fused-ring (bicyclic) bond motifs is 10. The zero-order chi connectivity index (χ0) is 36.9. The Bertz CT molecular complexity index is 2860. The second-order valence-electron chi connectivity index (χ2n) is 16.3. The molecular formula is C31H39B18N. The first-order valence-corrected chi connectivity index (χ1v) is 18.7. The molecule has 19 heteroatoms. The summed E-state index contributed by atoms with van der Waals surface area (Å²) in [5.74, 6) is 0. The lowest BCUT2D eigenvalue weighted by molar-refractivity contribution is 1.38. The van der Waals surface area contributed by atoms with Crippen molar-refractivity contribution < 1.29 is 0 Å². The molecule has 0 aliphatic rings. The smallest absolute Gasteiger partial charge is 0.141 e. The average molecular weight is 620 g/mol. The summed E-state index contributed by atoms with van der Waals surface area (Å²) < 4.78 is 2.78. The Labute approximate surface area is 314 Å². The van der Waals surface area contributed by atoms with Crippen LogP contribution in [-0.4, -0.2) is 146 Å². The summed E-state index contributed by atoms with van der Waals surface area (Å²) in [5.41, 5.74) is 30.8. The summed E-state index contributed by atoms with van der Waals surface area (Å²) in [7, 11) is 42.7. The van der Waals surface area contributed by atoms with Crippen LogP contribution in [0.3, 0.4) is 0 Å². The van der Waals surface area contributed by atoms with E-state index in [4.69, 9.17) is 0 Å². The van der Waals surface area contributed by atoms with Crippen molar-refractivity contribution in [2.45, 2.75) is 6.92 Å². The minimum Gasteiger partial charge on any atom is -0.309 e. The van der Waals surface area contributed by atoms with Crippen molar-refractivity contribution in [1.82, 2.24) is 4.40 Å². The maximum Gasteiger partial charge on any atom is 0.141 e. The van der Waals surface area contributed by atoms with Crippen molar-refractivity contribution >= 4 is 299 Å². The van der Waals surface area contributed by atoms with Gasteiger partial charge in [-0.2, -0.15) is 0 Å². The monoisotopic (exact) mass is 623 g/mol. The first kappa shape index (κ1) is 35.5. The fourth-order valence-electron chi connectivity index (χ4n) is 9.94. The zero-order valence-corrected chi connectivity index (χ0v) is 34.4. The predicted molar refractivity (Wildman–Crippen MR) is 286 cm³/mol. The van der Waals surface area contributed by atoms with Crippen LogP contribution in [0.1, 0.15) is 5.56 Å². The van der Waals surface area contributed by atoms with Crippen LogP contribution < -0.4 is 98.3 Å². The highest BCUT2D eigenvalue weighted by atomic mass is 14.9. The van der Waals surface area contributed by atoms with Crippen LogP contribution in [0.2, 0.25) is 0 Å². The molecule has 0 N–H and O–H groups in total. The van der Waals surface area contributed by atoms with Gasteiger partial charge in [-0.25, -0.2) is 0 Å². The lowest BCUT2D eigenvalue weighted by Gasteiger charge is -2.23. The van der Waals surface area contributed by atoms with Crippen molar-refractivity contribution in [3.05, 3.63) is 5.56 Å². The summed E-state index contributed by atoms with van der Waals surface area (Å²) >= 11 is 0. The molecule has 50 heavy (non-hydrogen) atoms. The van der Waals surface area contributed by atoms with Gasteiger partial charge in [-0.05, 0) is 39.2 Å². The molecule has 0 saturated carbocycles. The molecule has 0 aliphatic heterocycles. The van der Waals surface area contributed by atoms with Gasteiger partial charge in [0.2, 0.25) is 0 Å². The largest absolute Gasteiger partial charge is 0.309 e. The molecule has 0 spiro atoms. The molecule has 0 bridgehead atoms. The van der Waals surface area contributed by atoms with Gasteiger partial charge in [0.1, 0.15) is 141 Å². The minimum atomic E-state index is 1.36. The number of nitrogens with zero attached hydrogens (tertiary/aromatic N) is 1. The molecule has 1 nitrogen and oxygen atoms in total. The van der Waals surface area contributed by atoms with Crippen LogP contribution in [0.15, 0.2) is 0 Å². The highest BCUT2D eigenvalue weighted by molar-refractivity contribution is 6.75. The van der Waals surface area contributed by atoms with E-state index in [0.717, 1.165) is 0 Å². The van der Waals surface area contributed by atoms with Crippen molar-refractivity contribution in [2.24, 2.45) is 0 Å². The van der Waals surface area contributed by atoms with Gasteiger partial charge in [-0.15, -0.1) is 27.3 Å². The molecule has 0 aliphatic carbocycles. The van der Waals surface area contributed by atoms with Gasteiger partial charge in [0.15, 0.2) is 0 Å². The number of hydrogen-bond donors (Lipinski definition) is 0. The second kappa shape index (κ2) is 11.5. The highest BCUT2D eigenvalue weighted by Gasteiger charge is 2.27. The summed E-state index contributed by atoms with van der Waals surface area (Å²) in [6.45, 7) is 2.33. The van der Waals surface area contributed by atoms with E-state index < -0.39 is 0 Å². The Balaban J connectivity index is 2.25. The Morgan fingerprint density at radius 2 is 0.440 bits per heavy atom. The van der Waals surface area contributed by atoms with E-state index in [9.17, 15) is 0 Å². The first-order chi connectivity index (χ1) is 23.3. The summed E-state index contributed by atoms with van der Waals surface area (Å²) in [6.07, 6.45) is 0. The van der Waals surface area contributed by atoms with Gasteiger partial charge >= 0.3 is 0 Å². The van der Waals surface area contributed by atoms with E-state index in [0.29, 0.717) is 0 Å². The van der Waals surface area contributed by atoms with Gasteiger partial charge in [0.05, 0.1) is 5.52 Å². The van der Waals surface area contributed by atoms with Gasteiger partial charge in [0.25, 0.3) is 0 Å². The molecule has 0 radical (unpaired) electrons. The number of aromatic nitrogens is 1. The third-order valence-electron chi connectivity index (χ3n) is 14.7. The molecule has 7 aromatic rings. The van der Waals surface area contributed by atoms with Crippen LogP contribution in [-0.2, 0) is 0 Å². The van der Waals surface area contributed by atoms with Crippen LogP contribution in [0.4, 0.5) is 0 Å². The standard InChI is InChI=1S/C31H39B18N/c1-2-11(32)9-10-19(40)20(41)17(38)7-5-3(13(34)21(42)23(44)15(5)36)4-6(16(37)24(45)22(43)14(4)35)8-18(39)25(46)26(47)28(49)30(8)50(29(7)10)31(9)27(48)12(2)33/h32-49H2,1H3. The van der Waals surface area contributed by atoms with E-state index in [1.54, 1.807) is 0 Å². The lowest BCUT2D eigenvalue weighted by atomic mass is 9.59. The minimum absolute atomic E-state index is 1.36. The van der Waals surface area contributed by atoms with Gasteiger partial charge in [0, 0.05) is 21.8 Å². The Hall–Kier alpha value is -2.93. The van der Waals surface area contributed by atoms with Crippen molar-refractivity contribution in [3.8, 4) is 0 Å². The van der Waals surface area contributed by atoms with E-state index in [-0.39, 0.29) is 0 Å². The fraction of sp³-hybridized carbons (Fsp3) is 0.0323. The Morgan fingerprint density at radius 1 is 0.220 bits per heavy atom. The fourth-order valence-corrected chi connectivity index (χ4v) is 9.94. The van der Waals surface area contributed by atoms with Gasteiger partial charge in [-0.3, -0.25) is 0 Å². The third kappa shape index (κ3) is 4.16. The maximum atomic E-state index is 2.78. The molecule has 2 aromatic heterocycles. The molecule has 0 saturated heterocycles. The van der Waals surface area contributed by atoms with Crippen LogP contribution in [0.25, 0.3) is 59.6 Å². The van der Waals surface area contributed by atoms with Crippen molar-refractivity contribution in [2.75, 3.05) is 0 Å². The first-order valence-electron chi connectivity index (χ1n) is 18.7. The van der Waals surface area contributed by atoms with E-state index in [2.05, 4.69) is 153 Å². The number of benzene rings is 5. The molecule has 2 heterocycles. The lowest BCUT2D eigenvalue weighted by Crippen LogP contribution is -2.51. The Morgan fingerprint density at radius 3 is 0.820 bits per heavy atom. The molecule has 7 rings (SSSR count). The molecule has 0 unspecified atom stereocenters. The van der Waals surface area contributed by atoms with Crippen molar-refractivity contribution in [1.29, 1.82) is 0 Å². The highest BCUT2D eigenvalue weighted by Crippen LogP contribution is 2.33. The second-order valence-corrected chi connectivity index (χ2v) is 16.3. The van der Waals surface area contributed by atoms with Crippen molar-refractivity contribution in [3.63, 3.8) is 0 Å². The topological polar surface area (TPSA) is 4.41 Å². The van der Waals surface area contributed by atoms with Crippen LogP contribution in [0, 0.1) is 6.92 Å². The number of hydrogen-bond acceptors (Lipinski definition) is 0. The summed E-state index contributed by atoms with van der Waals surface area (Å²) in [5, 5.41) is 11.4. The third-order valence-corrected chi connectivity index (χ3v) is 14.7. The maximum absolute atomic E-state index is 2.78. The van der Waals surface area contributed by atoms with Gasteiger partial charge in [-0.1, -0.05) is 76.6 Å². The molecule has 222 valence electrons. The molecule has 0 atom stereocenters. The average Bonchev–Trinajstić information content (AvgIpc) is 3.45.